The second-order valence-corrected chi connectivity index (χ2v) is 4.75. The second-order valence-electron chi connectivity index (χ2n) is 4.35. The Morgan fingerprint density at radius 3 is 2.35 bits per heavy atom. The van der Waals surface area contributed by atoms with E-state index in [-0.39, 0.29) is 22.8 Å². The zero-order valence-corrected chi connectivity index (χ0v) is 11.0. The molecule has 94 valence electrons. The van der Waals surface area contributed by atoms with Gasteiger partial charge in [0, 0.05) is 0 Å². The number of rotatable bonds is 5. The van der Waals surface area contributed by atoms with E-state index in [9.17, 15) is 9.59 Å². The summed E-state index contributed by atoms with van der Waals surface area (Å²) in [5.41, 5.74) is -1.02. The normalized spacial score (nSPS) is 20.5. The van der Waals surface area contributed by atoms with E-state index in [1.807, 2.05) is 13.8 Å². The van der Waals surface area contributed by atoms with Gasteiger partial charge in [-0.25, -0.2) is 0 Å². The Balaban J connectivity index is 3.10. The van der Waals surface area contributed by atoms with Crippen LogP contribution in [0.5, 0.6) is 0 Å². The predicted molar refractivity (Wildman–Crippen MR) is 70.2 cm³/mol. The fourth-order valence-electron chi connectivity index (χ4n) is 2.16. The summed E-state index contributed by atoms with van der Waals surface area (Å²) in [6, 6.07) is 0. The summed E-state index contributed by atoms with van der Waals surface area (Å²) in [6.45, 7) is 7.52. The van der Waals surface area contributed by atoms with Crippen LogP contribution >= 0.6 is 12.2 Å². The molecule has 5 heteroatoms. The number of allylic oxidation sites excluding steroid dienone is 1. The van der Waals surface area contributed by atoms with Crippen molar-refractivity contribution in [3.8, 4) is 0 Å². The Hall–Kier alpha value is -1.23. The molecule has 0 radical (unpaired) electrons. The van der Waals surface area contributed by atoms with Crippen LogP contribution < -0.4 is 10.6 Å². The summed E-state index contributed by atoms with van der Waals surface area (Å²) < 4.78 is 0. The molecule has 0 bridgehead atoms. The Kier molecular flexibility index (Phi) is 4.40. The van der Waals surface area contributed by atoms with Gasteiger partial charge in [-0.3, -0.25) is 9.59 Å². The lowest BCUT2D eigenvalue weighted by atomic mass is 9.69. The standard InChI is InChI=1S/C12H18N2O2S/c1-4-6-7-12(8(3)5-2)9(15)13-11(17)14-10(12)16/h4,8H,1,5-7H2,2-3H3,(H2,13,14,15,16,17)/t8-/m0/s1. The second kappa shape index (κ2) is 5.40. The van der Waals surface area contributed by atoms with Crippen molar-refractivity contribution < 1.29 is 9.59 Å². The molecule has 1 rings (SSSR count). The average molecular weight is 254 g/mol. The molecular formula is C12H18N2O2S. The third-order valence-electron chi connectivity index (χ3n) is 3.46. The van der Waals surface area contributed by atoms with E-state index in [1.165, 1.54) is 0 Å². The van der Waals surface area contributed by atoms with E-state index in [2.05, 4.69) is 17.2 Å². The molecule has 0 aromatic heterocycles. The van der Waals surface area contributed by atoms with Gasteiger partial charge in [-0.1, -0.05) is 26.3 Å². The molecule has 0 aliphatic carbocycles. The largest absolute Gasteiger partial charge is 0.302 e. The number of carbonyl (C=O) groups is 2. The van der Waals surface area contributed by atoms with E-state index in [4.69, 9.17) is 12.2 Å². The van der Waals surface area contributed by atoms with E-state index < -0.39 is 5.41 Å². The van der Waals surface area contributed by atoms with E-state index in [1.54, 1.807) is 6.08 Å². The highest BCUT2D eigenvalue weighted by atomic mass is 32.1. The Bertz CT molecular complexity index is 346. The quantitative estimate of drug-likeness (QED) is 0.444. The van der Waals surface area contributed by atoms with Crippen LogP contribution in [0.15, 0.2) is 12.7 Å². The van der Waals surface area contributed by atoms with Crippen molar-refractivity contribution in [2.24, 2.45) is 11.3 Å². The minimum atomic E-state index is -1.02. The van der Waals surface area contributed by atoms with Gasteiger partial charge in [0.1, 0.15) is 5.41 Å². The summed E-state index contributed by atoms with van der Waals surface area (Å²) in [7, 11) is 0. The van der Waals surface area contributed by atoms with Gasteiger partial charge in [0.05, 0.1) is 0 Å². The van der Waals surface area contributed by atoms with Crippen molar-refractivity contribution in [2.75, 3.05) is 0 Å². The van der Waals surface area contributed by atoms with Crippen LogP contribution in [-0.4, -0.2) is 16.9 Å². The van der Waals surface area contributed by atoms with Gasteiger partial charge in [-0.15, -0.1) is 6.58 Å². The Morgan fingerprint density at radius 2 is 1.94 bits per heavy atom. The maximum atomic E-state index is 12.1. The topological polar surface area (TPSA) is 58.2 Å². The van der Waals surface area contributed by atoms with Crippen LogP contribution in [-0.2, 0) is 9.59 Å². The molecule has 1 aliphatic rings. The molecule has 1 atom stereocenters. The molecule has 1 aliphatic heterocycles. The van der Waals surface area contributed by atoms with Crippen molar-refractivity contribution in [2.45, 2.75) is 33.1 Å². The summed E-state index contributed by atoms with van der Waals surface area (Å²) in [4.78, 5) is 24.3. The van der Waals surface area contributed by atoms with Crippen LogP contribution in [0.4, 0.5) is 0 Å². The SMILES string of the molecule is C=CCCC1([C@@H](C)CC)C(=O)NC(=S)NC1=O. The first-order valence-corrected chi connectivity index (χ1v) is 6.17. The maximum Gasteiger partial charge on any atom is 0.242 e. The first-order valence-electron chi connectivity index (χ1n) is 5.76. The summed E-state index contributed by atoms with van der Waals surface area (Å²) in [5, 5.41) is 5.20. The molecular weight excluding hydrogens is 236 g/mol. The highest BCUT2D eigenvalue weighted by Crippen LogP contribution is 2.37. The van der Waals surface area contributed by atoms with Gasteiger partial charge in [0.25, 0.3) is 0 Å². The molecule has 1 fully saturated rings. The van der Waals surface area contributed by atoms with Crippen molar-refractivity contribution in [3.63, 3.8) is 0 Å². The van der Waals surface area contributed by atoms with E-state index in [0.717, 1.165) is 6.42 Å². The smallest absolute Gasteiger partial charge is 0.242 e. The van der Waals surface area contributed by atoms with E-state index >= 15 is 0 Å². The molecule has 0 spiro atoms. The highest BCUT2D eigenvalue weighted by molar-refractivity contribution is 7.80. The van der Waals surface area contributed by atoms with Crippen LogP contribution in [0.3, 0.4) is 0 Å². The van der Waals surface area contributed by atoms with Gasteiger partial charge in [-0.05, 0) is 31.0 Å². The fourth-order valence-corrected chi connectivity index (χ4v) is 2.35. The number of hydrogen-bond donors (Lipinski definition) is 2. The molecule has 0 aromatic rings. The number of nitrogens with one attached hydrogen (secondary N) is 2. The molecule has 1 heterocycles. The summed E-state index contributed by atoms with van der Waals surface area (Å²) in [6.07, 6.45) is 3.56. The fraction of sp³-hybridized carbons (Fsp3) is 0.583. The van der Waals surface area contributed by atoms with Crippen molar-refractivity contribution >= 4 is 29.1 Å². The van der Waals surface area contributed by atoms with Gasteiger partial charge >= 0.3 is 0 Å². The number of hydrogen-bond acceptors (Lipinski definition) is 3. The molecule has 2 N–H and O–H groups in total. The van der Waals surface area contributed by atoms with Gasteiger partial charge < -0.3 is 10.6 Å². The molecule has 4 nitrogen and oxygen atoms in total. The summed E-state index contributed by atoms with van der Waals surface area (Å²) >= 11 is 4.81. The number of amides is 2. The van der Waals surface area contributed by atoms with Gasteiger partial charge in [0.2, 0.25) is 11.8 Å². The number of thiocarbonyl (C=S) groups is 1. The molecule has 17 heavy (non-hydrogen) atoms. The minimum absolute atomic E-state index is 0.0365. The zero-order valence-electron chi connectivity index (χ0n) is 10.2. The van der Waals surface area contributed by atoms with Gasteiger partial charge in [0.15, 0.2) is 5.11 Å². The molecule has 0 unspecified atom stereocenters. The van der Waals surface area contributed by atoms with Crippen molar-refractivity contribution in [1.82, 2.24) is 10.6 Å². The predicted octanol–water partition coefficient (Wildman–Crippen LogP) is 1.52. The third kappa shape index (κ3) is 2.39. The third-order valence-corrected chi connectivity index (χ3v) is 3.67. The summed E-state index contributed by atoms with van der Waals surface area (Å²) in [5.74, 6) is -0.615. The van der Waals surface area contributed by atoms with Crippen LogP contribution in [0.25, 0.3) is 0 Å². The first kappa shape index (κ1) is 13.8. The number of carbonyl (C=O) groups excluding carboxylic acids is 2. The minimum Gasteiger partial charge on any atom is -0.302 e. The lowest BCUT2D eigenvalue weighted by Gasteiger charge is -2.39. The van der Waals surface area contributed by atoms with Crippen molar-refractivity contribution in [1.29, 1.82) is 0 Å². The first-order chi connectivity index (χ1) is 7.98. The molecule has 0 saturated carbocycles. The zero-order chi connectivity index (χ0) is 13.1. The lowest BCUT2D eigenvalue weighted by molar-refractivity contribution is -0.148. The van der Waals surface area contributed by atoms with Gasteiger partial charge in [-0.2, -0.15) is 0 Å². The molecule has 0 aromatic carbocycles. The monoisotopic (exact) mass is 254 g/mol. The average Bonchev–Trinajstić information content (AvgIpc) is 2.27. The Labute approximate surface area is 107 Å². The van der Waals surface area contributed by atoms with Crippen LogP contribution in [0.2, 0.25) is 0 Å². The van der Waals surface area contributed by atoms with E-state index in [0.29, 0.717) is 12.8 Å². The highest BCUT2D eigenvalue weighted by Gasteiger charge is 2.51. The lowest BCUT2D eigenvalue weighted by Crippen LogP contribution is -2.64. The maximum absolute atomic E-state index is 12.1. The molecule has 1 saturated heterocycles. The Morgan fingerprint density at radius 1 is 1.41 bits per heavy atom. The van der Waals surface area contributed by atoms with Crippen LogP contribution in [0.1, 0.15) is 33.1 Å². The van der Waals surface area contributed by atoms with Crippen LogP contribution in [0, 0.1) is 11.3 Å². The molecule has 2 amide bonds. The van der Waals surface area contributed by atoms with Crippen molar-refractivity contribution in [3.05, 3.63) is 12.7 Å².